The highest BCUT2D eigenvalue weighted by molar-refractivity contribution is 6.07. The maximum Gasteiger partial charge on any atom is 0.292 e. The van der Waals surface area contributed by atoms with Gasteiger partial charge in [-0.3, -0.25) is 14.9 Å². The van der Waals surface area contributed by atoms with Crippen molar-refractivity contribution in [2.45, 2.75) is 0 Å². The van der Waals surface area contributed by atoms with Crippen LogP contribution in [0.3, 0.4) is 0 Å². The van der Waals surface area contributed by atoms with Gasteiger partial charge in [-0.05, 0) is 30.3 Å². The molecular formula is C18H12N4O4. The largest absolute Gasteiger partial charge is 0.459 e. The summed E-state index contributed by atoms with van der Waals surface area (Å²) in [6, 6.07) is 16.8. The van der Waals surface area contributed by atoms with Gasteiger partial charge in [0.2, 0.25) is 0 Å². The van der Waals surface area contributed by atoms with Gasteiger partial charge in [0, 0.05) is 12.1 Å². The number of hydrogen-bond acceptors (Lipinski definition) is 5. The summed E-state index contributed by atoms with van der Waals surface area (Å²) < 4.78 is 6.70. The Labute approximate surface area is 146 Å². The zero-order chi connectivity index (χ0) is 18.1. The van der Waals surface area contributed by atoms with Gasteiger partial charge in [0.1, 0.15) is 0 Å². The molecule has 8 nitrogen and oxygen atoms in total. The van der Waals surface area contributed by atoms with Gasteiger partial charge in [-0.25, -0.2) is 4.68 Å². The summed E-state index contributed by atoms with van der Waals surface area (Å²) in [5.74, 6) is -0.145. The number of carbonyl (C=O) groups excluding carboxylic acids is 1. The molecule has 0 aliphatic carbocycles. The lowest BCUT2D eigenvalue weighted by Crippen LogP contribution is -2.11. The lowest BCUT2D eigenvalue weighted by atomic mass is 10.2. The molecule has 0 radical (unpaired) electrons. The first kappa shape index (κ1) is 15.6. The number of benzene rings is 2. The lowest BCUT2D eigenvalue weighted by Gasteiger charge is -2.02. The Morgan fingerprint density at radius 1 is 1.12 bits per heavy atom. The summed E-state index contributed by atoms with van der Waals surface area (Å²) in [5, 5.41) is 18.7. The summed E-state index contributed by atoms with van der Waals surface area (Å²) in [5.41, 5.74) is 1.32. The summed E-state index contributed by atoms with van der Waals surface area (Å²) in [6.07, 6.45) is 1.39. The Bertz CT molecular complexity index is 1100. The number of hydrogen-bond donors (Lipinski definition) is 1. The van der Waals surface area contributed by atoms with Crippen molar-refractivity contribution >= 4 is 28.3 Å². The molecule has 2 aromatic heterocycles. The van der Waals surface area contributed by atoms with E-state index in [4.69, 9.17) is 4.42 Å². The van der Waals surface area contributed by atoms with Crippen molar-refractivity contribution in [1.29, 1.82) is 0 Å². The second-order valence-corrected chi connectivity index (χ2v) is 5.49. The molecule has 0 spiro atoms. The van der Waals surface area contributed by atoms with Crippen LogP contribution in [0, 0.1) is 10.1 Å². The van der Waals surface area contributed by atoms with Crippen LogP contribution in [0.15, 0.2) is 71.3 Å². The van der Waals surface area contributed by atoms with E-state index in [-0.39, 0.29) is 17.3 Å². The van der Waals surface area contributed by atoms with Crippen LogP contribution in [-0.2, 0) is 0 Å². The summed E-state index contributed by atoms with van der Waals surface area (Å²) in [4.78, 5) is 22.9. The first-order valence-electron chi connectivity index (χ1n) is 7.71. The number of anilines is 1. The molecule has 1 N–H and O–H groups in total. The van der Waals surface area contributed by atoms with Crippen molar-refractivity contribution in [2.24, 2.45) is 0 Å². The van der Waals surface area contributed by atoms with Crippen LogP contribution < -0.4 is 5.32 Å². The molecule has 0 aliphatic heterocycles. The third-order valence-corrected chi connectivity index (χ3v) is 3.85. The second-order valence-electron chi connectivity index (χ2n) is 5.49. The normalized spacial score (nSPS) is 10.8. The predicted molar refractivity (Wildman–Crippen MR) is 94.4 cm³/mol. The highest BCUT2D eigenvalue weighted by Gasteiger charge is 2.19. The number of nitrogens with zero attached hydrogens (tertiary/aromatic N) is 3. The van der Waals surface area contributed by atoms with Crippen LogP contribution >= 0.6 is 0 Å². The second kappa shape index (κ2) is 6.17. The van der Waals surface area contributed by atoms with E-state index in [0.29, 0.717) is 10.9 Å². The highest BCUT2D eigenvalue weighted by Crippen LogP contribution is 2.29. The number of nitro groups is 1. The monoisotopic (exact) mass is 348 g/mol. The predicted octanol–water partition coefficient (Wildman–Crippen LogP) is 3.78. The Balaban J connectivity index is 1.86. The zero-order valence-electron chi connectivity index (χ0n) is 13.3. The Hall–Kier alpha value is -3.94. The topological polar surface area (TPSA) is 103 Å². The molecular weight excluding hydrogens is 336 g/mol. The summed E-state index contributed by atoms with van der Waals surface area (Å²) in [7, 11) is 0. The Morgan fingerprint density at radius 2 is 1.92 bits per heavy atom. The first-order chi connectivity index (χ1) is 12.6. The standard InChI is InChI=1S/C18H12N4O4/c23-18(16-7-4-10-26-16)19-17-14-11-13(22(24)25)8-9-15(14)21(20-17)12-5-2-1-3-6-12/h1-11H,(H,19,20,23). The number of nitro benzene ring substituents is 1. The maximum absolute atomic E-state index is 12.3. The Kier molecular flexibility index (Phi) is 3.70. The molecule has 8 heteroatoms. The van der Waals surface area contributed by atoms with Gasteiger partial charge in [0.25, 0.3) is 11.6 Å². The number of rotatable bonds is 4. The van der Waals surface area contributed by atoms with Gasteiger partial charge in [-0.15, -0.1) is 5.10 Å². The summed E-state index contributed by atoms with van der Waals surface area (Å²) >= 11 is 0. The van der Waals surface area contributed by atoms with Crippen LogP contribution in [0.5, 0.6) is 0 Å². The smallest absolute Gasteiger partial charge is 0.292 e. The minimum absolute atomic E-state index is 0.0846. The molecule has 0 fully saturated rings. The fourth-order valence-electron chi connectivity index (χ4n) is 2.65. The molecule has 2 heterocycles. The van der Waals surface area contributed by atoms with Gasteiger partial charge in [-0.2, -0.15) is 0 Å². The van der Waals surface area contributed by atoms with Crippen molar-refractivity contribution in [3.63, 3.8) is 0 Å². The highest BCUT2D eigenvalue weighted by atomic mass is 16.6. The lowest BCUT2D eigenvalue weighted by molar-refractivity contribution is -0.384. The number of non-ortho nitro benzene ring substituents is 1. The molecule has 4 aromatic rings. The number of para-hydroxylation sites is 1. The van der Waals surface area contributed by atoms with E-state index in [1.807, 2.05) is 30.3 Å². The molecule has 0 saturated heterocycles. The molecule has 0 bridgehead atoms. The van der Waals surface area contributed by atoms with Gasteiger partial charge in [-0.1, -0.05) is 18.2 Å². The fraction of sp³-hybridized carbons (Fsp3) is 0. The van der Waals surface area contributed by atoms with Crippen LogP contribution in [0.2, 0.25) is 0 Å². The van der Waals surface area contributed by atoms with E-state index in [9.17, 15) is 14.9 Å². The third kappa shape index (κ3) is 2.69. The van der Waals surface area contributed by atoms with Crippen molar-refractivity contribution in [2.75, 3.05) is 5.32 Å². The average Bonchev–Trinajstić information content (AvgIpc) is 3.31. The molecule has 26 heavy (non-hydrogen) atoms. The van der Waals surface area contributed by atoms with E-state index in [1.165, 1.54) is 24.5 Å². The van der Waals surface area contributed by atoms with Crippen LogP contribution in [-0.4, -0.2) is 20.6 Å². The Morgan fingerprint density at radius 3 is 2.62 bits per heavy atom. The molecule has 0 unspecified atom stereocenters. The third-order valence-electron chi connectivity index (χ3n) is 3.85. The van der Waals surface area contributed by atoms with E-state index < -0.39 is 10.8 Å². The number of carbonyl (C=O) groups is 1. The minimum Gasteiger partial charge on any atom is -0.459 e. The SMILES string of the molecule is O=C(Nc1nn(-c2ccccc2)c2ccc([N+](=O)[O-])cc12)c1ccco1. The first-order valence-corrected chi connectivity index (χ1v) is 7.71. The molecule has 1 amide bonds. The van der Waals surface area contributed by atoms with E-state index >= 15 is 0 Å². The molecule has 0 saturated carbocycles. The minimum atomic E-state index is -0.489. The van der Waals surface area contributed by atoms with Gasteiger partial charge in [0.15, 0.2) is 11.6 Å². The number of aromatic nitrogens is 2. The fourth-order valence-corrected chi connectivity index (χ4v) is 2.65. The quantitative estimate of drug-likeness (QED) is 0.446. The van der Waals surface area contributed by atoms with Gasteiger partial charge < -0.3 is 9.73 Å². The zero-order valence-corrected chi connectivity index (χ0v) is 13.3. The van der Waals surface area contributed by atoms with Crippen molar-refractivity contribution in [1.82, 2.24) is 9.78 Å². The molecule has 4 rings (SSSR count). The van der Waals surface area contributed by atoms with Gasteiger partial charge >= 0.3 is 0 Å². The number of nitrogens with one attached hydrogen (secondary N) is 1. The van der Waals surface area contributed by atoms with E-state index in [1.54, 1.807) is 16.8 Å². The van der Waals surface area contributed by atoms with Gasteiger partial charge in [0.05, 0.1) is 27.8 Å². The van der Waals surface area contributed by atoms with E-state index in [0.717, 1.165) is 5.69 Å². The van der Waals surface area contributed by atoms with Crippen LogP contribution in [0.25, 0.3) is 16.6 Å². The van der Waals surface area contributed by atoms with Crippen LogP contribution in [0.4, 0.5) is 11.5 Å². The molecule has 2 aromatic carbocycles. The molecule has 0 aliphatic rings. The van der Waals surface area contributed by atoms with Crippen molar-refractivity contribution in [3.05, 3.63) is 82.8 Å². The average molecular weight is 348 g/mol. The molecule has 0 atom stereocenters. The maximum atomic E-state index is 12.3. The number of furan rings is 1. The summed E-state index contributed by atoms with van der Waals surface area (Å²) in [6.45, 7) is 0. The number of fused-ring (bicyclic) bond motifs is 1. The number of amides is 1. The van der Waals surface area contributed by atoms with Crippen molar-refractivity contribution in [3.8, 4) is 5.69 Å². The van der Waals surface area contributed by atoms with E-state index in [2.05, 4.69) is 10.4 Å². The van der Waals surface area contributed by atoms with Crippen LogP contribution in [0.1, 0.15) is 10.6 Å². The molecule has 128 valence electrons. The van der Waals surface area contributed by atoms with Crippen molar-refractivity contribution < 1.29 is 14.1 Å².